The summed E-state index contributed by atoms with van der Waals surface area (Å²) in [5.41, 5.74) is 2.46. The minimum absolute atomic E-state index is 0.0359. The van der Waals surface area contributed by atoms with Crippen molar-refractivity contribution in [1.29, 1.82) is 0 Å². The number of hydrogen-bond acceptors (Lipinski definition) is 10. The molecular formula is C28H32N6O6S. The zero-order valence-electron chi connectivity index (χ0n) is 22.9. The van der Waals surface area contributed by atoms with Crippen molar-refractivity contribution in [3.05, 3.63) is 72.3 Å². The molecule has 0 aliphatic carbocycles. The molecule has 0 radical (unpaired) electrons. The number of ether oxygens (including phenoxy) is 2. The number of nitrogens with one attached hydrogen (secondary N) is 3. The van der Waals surface area contributed by atoms with Crippen LogP contribution in [0.5, 0.6) is 5.75 Å². The number of carbonyl (C=O) groups is 1. The van der Waals surface area contributed by atoms with Crippen molar-refractivity contribution in [3.8, 4) is 5.75 Å². The van der Waals surface area contributed by atoms with E-state index in [1.54, 1.807) is 67.6 Å². The molecule has 4 aromatic rings. The monoisotopic (exact) mass is 580 g/mol. The fourth-order valence-corrected chi connectivity index (χ4v) is 4.99. The number of benzene rings is 3. The Bertz CT molecular complexity index is 1610. The zero-order valence-corrected chi connectivity index (χ0v) is 23.7. The molecule has 0 atom stereocenters. The molecule has 216 valence electrons. The summed E-state index contributed by atoms with van der Waals surface area (Å²) in [4.78, 5) is 23.3. The van der Waals surface area contributed by atoms with Crippen LogP contribution in [0.2, 0.25) is 0 Å². The Kier molecular flexibility index (Phi) is 9.68. The highest BCUT2D eigenvalue weighted by atomic mass is 32.2. The molecule has 4 rings (SSSR count). The van der Waals surface area contributed by atoms with E-state index in [0.717, 1.165) is 0 Å². The minimum atomic E-state index is -4.15. The number of rotatable bonds is 13. The van der Waals surface area contributed by atoms with E-state index < -0.39 is 10.0 Å². The number of hydrogen-bond donors (Lipinski definition) is 4. The average molecular weight is 581 g/mol. The minimum Gasteiger partial charge on any atom is -0.497 e. The largest absolute Gasteiger partial charge is 0.497 e. The van der Waals surface area contributed by atoms with Gasteiger partial charge in [-0.1, -0.05) is 18.2 Å². The maximum absolute atomic E-state index is 13.5. The molecule has 1 aromatic heterocycles. The molecule has 0 aliphatic heterocycles. The molecule has 1 amide bonds. The highest BCUT2D eigenvalue weighted by molar-refractivity contribution is 7.92. The second-order valence-corrected chi connectivity index (χ2v) is 10.9. The number of para-hydroxylation sites is 2. The molecular weight excluding hydrogens is 548 g/mol. The quantitative estimate of drug-likeness (QED) is 0.185. The molecule has 0 spiro atoms. The van der Waals surface area contributed by atoms with Crippen LogP contribution in [-0.4, -0.2) is 75.3 Å². The van der Waals surface area contributed by atoms with E-state index >= 15 is 0 Å². The van der Waals surface area contributed by atoms with Gasteiger partial charge in [0.2, 0.25) is 5.91 Å². The standard InChI is InChI=1S/C28H32N6O6S/c1-34(11-12-39-2)17-26(36)29-20-7-6-8-23(16-20)41(37,38)33-28-27(31-24-9-4-5-10-25(24)32-28)30-21-13-19(18-35)14-22(15-21)40-3/h4-10,13-16,35H,11-12,17-18H2,1-3H3,(H,29,36)(H,30,31)(H,32,33). The van der Waals surface area contributed by atoms with E-state index in [-0.39, 0.29) is 35.6 Å². The second kappa shape index (κ2) is 13.4. The smallest absolute Gasteiger partial charge is 0.263 e. The summed E-state index contributed by atoms with van der Waals surface area (Å²) in [5.74, 6) is 0.316. The lowest BCUT2D eigenvalue weighted by atomic mass is 10.2. The van der Waals surface area contributed by atoms with Gasteiger partial charge in [0.25, 0.3) is 10.0 Å². The molecule has 41 heavy (non-hydrogen) atoms. The van der Waals surface area contributed by atoms with Crippen molar-refractivity contribution in [2.24, 2.45) is 0 Å². The van der Waals surface area contributed by atoms with Crippen LogP contribution in [0.25, 0.3) is 11.0 Å². The number of amides is 1. The topological polar surface area (TPSA) is 155 Å². The number of anilines is 4. The van der Waals surface area contributed by atoms with Crippen molar-refractivity contribution in [3.63, 3.8) is 0 Å². The SMILES string of the molecule is COCCN(C)CC(=O)Nc1cccc(S(=O)(=O)Nc2nc3ccccc3nc2Nc2cc(CO)cc(OC)c2)c1. The van der Waals surface area contributed by atoms with E-state index in [9.17, 15) is 18.3 Å². The third-order valence-corrected chi connectivity index (χ3v) is 7.30. The maximum Gasteiger partial charge on any atom is 0.263 e. The molecule has 0 saturated carbocycles. The van der Waals surface area contributed by atoms with Crippen LogP contribution in [0.3, 0.4) is 0 Å². The van der Waals surface area contributed by atoms with E-state index in [0.29, 0.717) is 46.9 Å². The summed E-state index contributed by atoms with van der Waals surface area (Å²) >= 11 is 0. The molecule has 0 fully saturated rings. The molecule has 0 unspecified atom stereocenters. The first-order valence-electron chi connectivity index (χ1n) is 12.6. The Morgan fingerprint density at radius 1 is 0.951 bits per heavy atom. The molecule has 12 nitrogen and oxygen atoms in total. The number of carbonyl (C=O) groups excluding carboxylic acids is 1. The van der Waals surface area contributed by atoms with Gasteiger partial charge >= 0.3 is 0 Å². The van der Waals surface area contributed by atoms with Crippen LogP contribution < -0.4 is 20.1 Å². The van der Waals surface area contributed by atoms with Gasteiger partial charge in [-0.2, -0.15) is 0 Å². The molecule has 0 bridgehead atoms. The van der Waals surface area contributed by atoms with Gasteiger partial charge in [-0.3, -0.25) is 14.4 Å². The third-order valence-electron chi connectivity index (χ3n) is 5.97. The number of nitrogens with zero attached hydrogens (tertiary/aromatic N) is 3. The number of sulfonamides is 1. The molecule has 4 N–H and O–H groups in total. The summed E-state index contributed by atoms with van der Waals surface area (Å²) in [5, 5.41) is 15.5. The first-order valence-corrected chi connectivity index (χ1v) is 14.1. The van der Waals surface area contributed by atoms with Crippen LogP contribution in [-0.2, 0) is 26.2 Å². The van der Waals surface area contributed by atoms with E-state index in [4.69, 9.17) is 9.47 Å². The fraction of sp³-hybridized carbons (Fsp3) is 0.250. The van der Waals surface area contributed by atoms with Gasteiger partial charge in [0.05, 0.1) is 42.8 Å². The predicted octanol–water partition coefficient (Wildman–Crippen LogP) is 3.19. The molecule has 13 heteroatoms. The Morgan fingerprint density at radius 2 is 1.68 bits per heavy atom. The van der Waals surface area contributed by atoms with Crippen molar-refractivity contribution >= 4 is 50.0 Å². The molecule has 0 aliphatic rings. The van der Waals surface area contributed by atoms with Crippen LogP contribution in [0.4, 0.5) is 23.0 Å². The van der Waals surface area contributed by atoms with E-state index in [1.165, 1.54) is 25.3 Å². The Hall–Kier alpha value is -4.30. The number of aliphatic hydroxyl groups excluding tert-OH is 1. The summed E-state index contributed by atoms with van der Waals surface area (Å²) in [6.07, 6.45) is 0. The molecule has 3 aromatic carbocycles. The van der Waals surface area contributed by atoms with Crippen molar-refractivity contribution in [2.45, 2.75) is 11.5 Å². The highest BCUT2D eigenvalue weighted by Gasteiger charge is 2.20. The lowest BCUT2D eigenvalue weighted by Crippen LogP contribution is -2.32. The van der Waals surface area contributed by atoms with Crippen molar-refractivity contribution in [1.82, 2.24) is 14.9 Å². The second-order valence-electron chi connectivity index (χ2n) is 9.17. The lowest BCUT2D eigenvalue weighted by molar-refractivity contribution is -0.117. The van der Waals surface area contributed by atoms with Gasteiger partial charge in [0.15, 0.2) is 11.6 Å². The van der Waals surface area contributed by atoms with Crippen LogP contribution in [0, 0.1) is 0 Å². The first kappa shape index (κ1) is 29.7. The Balaban J connectivity index is 1.62. The van der Waals surface area contributed by atoms with Crippen LogP contribution >= 0.6 is 0 Å². The van der Waals surface area contributed by atoms with Gasteiger partial charge in [-0.05, 0) is 55.1 Å². The van der Waals surface area contributed by atoms with Crippen molar-refractivity contribution < 1.29 is 27.8 Å². The number of likely N-dealkylation sites (N-methyl/N-ethyl adjacent to an activating group) is 1. The van der Waals surface area contributed by atoms with Gasteiger partial charge in [0.1, 0.15) is 5.75 Å². The lowest BCUT2D eigenvalue weighted by Gasteiger charge is -2.16. The van der Waals surface area contributed by atoms with Gasteiger partial charge in [-0.15, -0.1) is 0 Å². The van der Waals surface area contributed by atoms with E-state index in [2.05, 4.69) is 25.3 Å². The van der Waals surface area contributed by atoms with E-state index in [1.807, 2.05) is 0 Å². The zero-order chi connectivity index (χ0) is 29.4. The normalized spacial score (nSPS) is 11.4. The number of aromatic nitrogens is 2. The summed E-state index contributed by atoms with van der Waals surface area (Å²) in [6.45, 7) is 0.953. The Morgan fingerprint density at radius 3 is 2.37 bits per heavy atom. The third kappa shape index (κ3) is 7.89. The molecule has 0 saturated heterocycles. The fourth-order valence-electron chi connectivity index (χ4n) is 3.94. The Labute approximate surface area is 238 Å². The van der Waals surface area contributed by atoms with Crippen LogP contribution in [0.15, 0.2) is 71.6 Å². The average Bonchev–Trinajstić information content (AvgIpc) is 2.96. The molecule has 1 heterocycles. The highest BCUT2D eigenvalue weighted by Crippen LogP contribution is 2.30. The summed E-state index contributed by atoms with van der Waals surface area (Å²) < 4.78 is 39.8. The summed E-state index contributed by atoms with van der Waals surface area (Å²) in [7, 11) is 0.728. The number of methoxy groups -OCH3 is 2. The predicted molar refractivity (Wildman–Crippen MR) is 157 cm³/mol. The first-order chi connectivity index (χ1) is 19.7. The van der Waals surface area contributed by atoms with Gasteiger partial charge in [-0.25, -0.2) is 18.4 Å². The maximum atomic E-state index is 13.5. The number of fused-ring (bicyclic) bond motifs is 1. The van der Waals surface area contributed by atoms with Gasteiger partial charge in [0, 0.05) is 31.1 Å². The number of aliphatic hydroxyl groups is 1. The van der Waals surface area contributed by atoms with Gasteiger partial charge < -0.3 is 25.2 Å². The van der Waals surface area contributed by atoms with Crippen molar-refractivity contribution in [2.75, 3.05) is 56.3 Å². The van der Waals surface area contributed by atoms with Crippen LogP contribution in [0.1, 0.15) is 5.56 Å². The summed E-state index contributed by atoms with van der Waals surface area (Å²) in [6, 6.07) is 18.0.